The Hall–Kier alpha value is -3.59. The van der Waals surface area contributed by atoms with E-state index in [0.717, 1.165) is 4.70 Å². The van der Waals surface area contributed by atoms with Crippen molar-refractivity contribution in [1.29, 1.82) is 0 Å². The van der Waals surface area contributed by atoms with Gasteiger partial charge in [-0.3, -0.25) is 19.7 Å². The van der Waals surface area contributed by atoms with Gasteiger partial charge in [-0.2, -0.15) is 5.10 Å². The maximum absolute atomic E-state index is 12.6. The van der Waals surface area contributed by atoms with Crippen LogP contribution in [0.3, 0.4) is 0 Å². The van der Waals surface area contributed by atoms with Gasteiger partial charge in [0.25, 0.3) is 11.5 Å². The molecule has 134 valence electrons. The van der Waals surface area contributed by atoms with Gasteiger partial charge in [-0.15, -0.1) is 0 Å². The summed E-state index contributed by atoms with van der Waals surface area (Å²) in [6.45, 7) is 1.43. The summed E-state index contributed by atoms with van der Waals surface area (Å²) in [5.41, 5.74) is 1.12. The number of nitrogens with one attached hydrogen (secondary N) is 3. The first-order valence-electron chi connectivity index (χ1n) is 7.98. The van der Waals surface area contributed by atoms with Crippen LogP contribution in [0, 0.1) is 0 Å². The Kier molecular flexibility index (Phi) is 4.13. The zero-order valence-corrected chi connectivity index (χ0v) is 14.9. The molecule has 0 aliphatic carbocycles. The molecule has 0 fully saturated rings. The Bertz CT molecular complexity index is 1260. The highest BCUT2D eigenvalue weighted by Crippen LogP contribution is 2.29. The van der Waals surface area contributed by atoms with Crippen molar-refractivity contribution in [2.45, 2.75) is 6.92 Å². The van der Waals surface area contributed by atoms with E-state index in [1.54, 1.807) is 42.5 Å². The number of nitrogens with zero attached hydrogens (tertiary/aromatic N) is 2. The van der Waals surface area contributed by atoms with Gasteiger partial charge in [-0.25, -0.2) is 10.1 Å². The molecule has 8 nitrogen and oxygen atoms in total. The molecule has 9 heteroatoms. The third kappa shape index (κ3) is 3.27. The molecule has 0 bridgehead atoms. The quantitative estimate of drug-likeness (QED) is 0.506. The third-order valence-corrected chi connectivity index (χ3v) is 4.77. The maximum Gasteiger partial charge on any atom is 0.278 e. The van der Waals surface area contributed by atoms with Gasteiger partial charge < -0.3 is 5.32 Å². The largest absolute Gasteiger partial charge is 0.326 e. The zero-order chi connectivity index (χ0) is 19.0. The van der Waals surface area contributed by atoms with Crippen molar-refractivity contribution in [3.8, 4) is 0 Å². The lowest BCUT2D eigenvalue weighted by Crippen LogP contribution is -2.19. The van der Waals surface area contributed by atoms with Crippen molar-refractivity contribution >= 4 is 55.0 Å². The monoisotopic (exact) mass is 379 g/mol. The fraction of sp³-hybridized carbons (Fsp3) is 0.0556. The molecular weight excluding hydrogens is 366 g/mol. The zero-order valence-electron chi connectivity index (χ0n) is 14.1. The third-order valence-electron chi connectivity index (χ3n) is 3.84. The number of carbonyl (C=O) groups is 2. The molecule has 2 heterocycles. The number of anilines is 2. The molecule has 2 amide bonds. The molecular formula is C18H13N5O3S. The van der Waals surface area contributed by atoms with E-state index >= 15 is 0 Å². The molecule has 4 rings (SSSR count). The number of benzene rings is 2. The lowest BCUT2D eigenvalue weighted by Gasteiger charge is -2.04. The Balaban J connectivity index is 1.66. The summed E-state index contributed by atoms with van der Waals surface area (Å²) in [5, 5.41) is 12.9. The number of rotatable bonds is 3. The first-order valence-corrected chi connectivity index (χ1v) is 8.80. The summed E-state index contributed by atoms with van der Waals surface area (Å²) in [6, 6.07) is 12.1. The molecule has 4 aromatic rings. The molecule has 0 saturated heterocycles. The van der Waals surface area contributed by atoms with Crippen molar-refractivity contribution in [3.63, 3.8) is 0 Å². The second-order valence-electron chi connectivity index (χ2n) is 5.78. The number of aromatic amines is 1. The molecule has 0 aliphatic heterocycles. The van der Waals surface area contributed by atoms with Crippen LogP contribution in [0.25, 0.3) is 21.0 Å². The van der Waals surface area contributed by atoms with Crippen LogP contribution in [0.5, 0.6) is 0 Å². The van der Waals surface area contributed by atoms with Crippen LogP contribution in [0.1, 0.15) is 17.4 Å². The van der Waals surface area contributed by atoms with Gasteiger partial charge in [-0.05, 0) is 24.3 Å². The number of carbonyl (C=O) groups excluding carboxylic acids is 2. The van der Waals surface area contributed by atoms with E-state index < -0.39 is 5.91 Å². The molecule has 0 unspecified atom stereocenters. The van der Waals surface area contributed by atoms with E-state index in [1.807, 2.05) is 0 Å². The lowest BCUT2D eigenvalue weighted by atomic mass is 10.1. The molecule has 3 N–H and O–H groups in total. The number of hydrogen-bond donors (Lipinski definition) is 3. The first kappa shape index (κ1) is 16.9. The molecule has 0 atom stereocenters. The summed E-state index contributed by atoms with van der Waals surface area (Å²) in [4.78, 5) is 40.0. The SMILES string of the molecule is CC(=O)Nc1ccc2nc(NC(=O)c3n[nH]c(=O)c4ccccc34)sc2c1. The first-order chi connectivity index (χ1) is 13.0. The molecule has 0 spiro atoms. The van der Waals surface area contributed by atoms with Crippen LogP contribution in [-0.2, 0) is 4.79 Å². The van der Waals surface area contributed by atoms with Crippen molar-refractivity contribution in [2.75, 3.05) is 10.6 Å². The summed E-state index contributed by atoms with van der Waals surface area (Å²) in [5.74, 6) is -0.632. The van der Waals surface area contributed by atoms with Crippen LogP contribution < -0.4 is 16.2 Å². The topological polar surface area (TPSA) is 117 Å². The van der Waals surface area contributed by atoms with Crippen molar-refractivity contribution in [2.24, 2.45) is 0 Å². The van der Waals surface area contributed by atoms with E-state index in [1.165, 1.54) is 18.3 Å². The van der Waals surface area contributed by atoms with E-state index in [9.17, 15) is 14.4 Å². The Morgan fingerprint density at radius 1 is 1.07 bits per heavy atom. The van der Waals surface area contributed by atoms with Crippen LogP contribution in [0.4, 0.5) is 10.8 Å². The minimum absolute atomic E-state index is 0.114. The Morgan fingerprint density at radius 3 is 2.63 bits per heavy atom. The molecule has 0 aliphatic rings. The van der Waals surface area contributed by atoms with Gasteiger partial charge in [0.2, 0.25) is 5.91 Å². The van der Waals surface area contributed by atoms with Crippen LogP contribution in [0.2, 0.25) is 0 Å². The maximum atomic E-state index is 12.6. The Morgan fingerprint density at radius 2 is 1.85 bits per heavy atom. The smallest absolute Gasteiger partial charge is 0.278 e. The summed E-state index contributed by atoms with van der Waals surface area (Å²) >= 11 is 1.28. The van der Waals surface area contributed by atoms with Gasteiger partial charge >= 0.3 is 0 Å². The number of hydrogen-bond acceptors (Lipinski definition) is 6. The van der Waals surface area contributed by atoms with Gasteiger partial charge in [0.15, 0.2) is 10.8 Å². The van der Waals surface area contributed by atoms with Crippen molar-refractivity contribution < 1.29 is 9.59 Å². The van der Waals surface area contributed by atoms with Gasteiger partial charge in [0, 0.05) is 18.0 Å². The molecule has 27 heavy (non-hydrogen) atoms. The minimum Gasteiger partial charge on any atom is -0.326 e. The average Bonchev–Trinajstić information content (AvgIpc) is 3.03. The number of aromatic nitrogens is 3. The minimum atomic E-state index is -0.469. The predicted octanol–water partition coefficient (Wildman–Crippen LogP) is 2.74. The fourth-order valence-electron chi connectivity index (χ4n) is 2.70. The lowest BCUT2D eigenvalue weighted by molar-refractivity contribution is -0.114. The molecule has 2 aromatic heterocycles. The number of H-pyrrole nitrogens is 1. The van der Waals surface area contributed by atoms with Crippen LogP contribution in [0.15, 0.2) is 47.3 Å². The highest BCUT2D eigenvalue weighted by molar-refractivity contribution is 7.22. The molecule has 2 aromatic carbocycles. The summed E-state index contributed by atoms with van der Waals surface area (Å²) in [7, 11) is 0. The highest BCUT2D eigenvalue weighted by Gasteiger charge is 2.16. The number of fused-ring (bicyclic) bond motifs is 2. The van der Waals surface area contributed by atoms with E-state index in [-0.39, 0.29) is 17.2 Å². The van der Waals surface area contributed by atoms with Crippen LogP contribution in [-0.4, -0.2) is 27.0 Å². The van der Waals surface area contributed by atoms with Gasteiger partial charge in [0.1, 0.15) is 0 Å². The second kappa shape index (κ2) is 6.61. The van der Waals surface area contributed by atoms with Crippen molar-refractivity contribution in [1.82, 2.24) is 15.2 Å². The van der Waals surface area contributed by atoms with Gasteiger partial charge in [0.05, 0.1) is 15.6 Å². The summed E-state index contributed by atoms with van der Waals surface area (Å²) in [6.07, 6.45) is 0. The molecule has 0 radical (unpaired) electrons. The van der Waals surface area contributed by atoms with E-state index in [2.05, 4.69) is 25.8 Å². The average molecular weight is 379 g/mol. The van der Waals surface area contributed by atoms with Crippen LogP contribution >= 0.6 is 11.3 Å². The predicted molar refractivity (Wildman–Crippen MR) is 104 cm³/mol. The van der Waals surface area contributed by atoms with E-state index in [0.29, 0.717) is 27.1 Å². The number of amides is 2. The normalized spacial score (nSPS) is 10.9. The second-order valence-corrected chi connectivity index (χ2v) is 6.81. The summed E-state index contributed by atoms with van der Waals surface area (Å²) < 4.78 is 0.816. The van der Waals surface area contributed by atoms with Crippen molar-refractivity contribution in [3.05, 3.63) is 58.5 Å². The molecule has 0 saturated carbocycles. The number of thiazole rings is 1. The standard InChI is InChI=1S/C18H13N5O3S/c1-9(24)19-10-6-7-13-14(8-10)27-18(20-13)21-17(26)15-11-4-2-3-5-12(11)16(25)23-22-15/h2-8H,1H3,(H,19,24)(H,23,25)(H,20,21,26). The van der Waals surface area contributed by atoms with Gasteiger partial charge in [-0.1, -0.05) is 29.5 Å². The Labute approximate surface area is 156 Å². The fourth-order valence-corrected chi connectivity index (χ4v) is 3.60. The highest BCUT2D eigenvalue weighted by atomic mass is 32.1. The van der Waals surface area contributed by atoms with E-state index in [4.69, 9.17) is 0 Å².